The molecule has 19 heavy (non-hydrogen) atoms. The topological polar surface area (TPSA) is 48.7 Å². The van der Waals surface area contributed by atoms with Gasteiger partial charge in [-0.25, -0.2) is 4.98 Å². The van der Waals surface area contributed by atoms with Gasteiger partial charge in [0.2, 0.25) is 0 Å². The fourth-order valence-electron chi connectivity index (χ4n) is 1.53. The lowest BCUT2D eigenvalue weighted by Gasteiger charge is -2.21. The Morgan fingerprint density at radius 2 is 2.00 bits per heavy atom. The van der Waals surface area contributed by atoms with Crippen molar-refractivity contribution in [2.45, 2.75) is 39.4 Å². The van der Waals surface area contributed by atoms with Crippen LogP contribution in [0.15, 0.2) is 12.1 Å². The predicted molar refractivity (Wildman–Crippen MR) is 66.5 cm³/mol. The molecule has 104 valence electrons. The normalized spacial score (nSPS) is 14.6. The third kappa shape index (κ3) is 3.85. The van der Waals surface area contributed by atoms with Crippen molar-refractivity contribution in [2.24, 2.45) is 5.92 Å². The number of aromatic nitrogens is 1. The van der Waals surface area contributed by atoms with Crippen molar-refractivity contribution in [3.63, 3.8) is 0 Å². The molecule has 6 heteroatoms. The minimum Gasteiger partial charge on any atom is -0.366 e. The van der Waals surface area contributed by atoms with Gasteiger partial charge in [-0.3, -0.25) is 0 Å². The largest absolute Gasteiger partial charge is 0.433 e. The first-order valence-corrected chi connectivity index (χ1v) is 6.04. The number of nitrogens with zero attached hydrogens (tertiary/aromatic N) is 2. The van der Waals surface area contributed by atoms with Crippen molar-refractivity contribution < 1.29 is 13.2 Å². The van der Waals surface area contributed by atoms with Crippen molar-refractivity contribution >= 4 is 5.82 Å². The van der Waals surface area contributed by atoms with E-state index in [1.165, 1.54) is 0 Å². The second kappa shape index (κ2) is 5.91. The van der Waals surface area contributed by atoms with E-state index in [2.05, 4.69) is 10.3 Å². The van der Waals surface area contributed by atoms with E-state index in [1.54, 1.807) is 0 Å². The predicted octanol–water partition coefficient (Wildman–Crippen LogP) is 3.82. The molecule has 0 aliphatic rings. The van der Waals surface area contributed by atoms with Crippen LogP contribution >= 0.6 is 0 Å². The summed E-state index contributed by atoms with van der Waals surface area (Å²) >= 11 is 0. The molecule has 0 radical (unpaired) electrons. The Kier molecular flexibility index (Phi) is 4.76. The van der Waals surface area contributed by atoms with Gasteiger partial charge < -0.3 is 5.32 Å². The van der Waals surface area contributed by atoms with Crippen LogP contribution in [0.25, 0.3) is 0 Å². The molecular formula is C13H16F3N3. The lowest BCUT2D eigenvalue weighted by atomic mass is 10.0. The Morgan fingerprint density at radius 1 is 1.37 bits per heavy atom. The summed E-state index contributed by atoms with van der Waals surface area (Å²) in [5.74, 6) is 0.257. The molecule has 0 aromatic carbocycles. The van der Waals surface area contributed by atoms with Gasteiger partial charge in [0, 0.05) is 6.04 Å². The number of nitriles is 1. The van der Waals surface area contributed by atoms with Crippen LogP contribution in [0.1, 0.15) is 38.4 Å². The van der Waals surface area contributed by atoms with Crippen LogP contribution in [0.3, 0.4) is 0 Å². The van der Waals surface area contributed by atoms with Gasteiger partial charge in [-0.15, -0.1) is 0 Å². The minimum absolute atomic E-state index is 0.00914. The summed E-state index contributed by atoms with van der Waals surface area (Å²) in [6, 6.07) is 3.74. The molecule has 1 aromatic rings. The number of rotatable bonds is 4. The van der Waals surface area contributed by atoms with Gasteiger partial charge in [0.05, 0.1) is 5.56 Å². The summed E-state index contributed by atoms with van der Waals surface area (Å²) in [4.78, 5) is 3.51. The number of halogens is 3. The van der Waals surface area contributed by atoms with E-state index in [4.69, 9.17) is 5.26 Å². The van der Waals surface area contributed by atoms with E-state index in [0.717, 1.165) is 18.6 Å². The van der Waals surface area contributed by atoms with Crippen LogP contribution in [0, 0.1) is 17.2 Å². The zero-order valence-corrected chi connectivity index (χ0v) is 11.0. The molecule has 0 bridgehead atoms. The minimum atomic E-state index is -4.51. The average molecular weight is 271 g/mol. The molecule has 0 aliphatic carbocycles. The molecule has 0 saturated carbocycles. The van der Waals surface area contributed by atoms with Crippen molar-refractivity contribution in [1.29, 1.82) is 5.26 Å². The maximum Gasteiger partial charge on any atom is 0.433 e. The van der Waals surface area contributed by atoms with Gasteiger partial charge >= 0.3 is 6.18 Å². The number of hydrogen-bond acceptors (Lipinski definition) is 3. The first-order chi connectivity index (χ1) is 8.79. The van der Waals surface area contributed by atoms with Crippen LogP contribution in [-0.2, 0) is 6.18 Å². The van der Waals surface area contributed by atoms with Crippen LogP contribution < -0.4 is 5.32 Å². The zero-order valence-electron chi connectivity index (χ0n) is 11.0. The highest BCUT2D eigenvalue weighted by atomic mass is 19.4. The molecular weight excluding hydrogens is 255 g/mol. The second-order valence-corrected chi connectivity index (χ2v) is 4.52. The maximum atomic E-state index is 12.6. The molecule has 1 heterocycles. The molecule has 2 unspecified atom stereocenters. The molecule has 1 N–H and O–H groups in total. The summed E-state index contributed by atoms with van der Waals surface area (Å²) < 4.78 is 37.8. The highest BCUT2D eigenvalue weighted by Gasteiger charge is 2.33. The maximum absolute atomic E-state index is 12.6. The molecule has 1 aromatic heterocycles. The molecule has 0 fully saturated rings. The molecule has 1 rings (SSSR count). The summed E-state index contributed by atoms with van der Waals surface area (Å²) in [6.07, 6.45) is -3.63. The van der Waals surface area contributed by atoms with Gasteiger partial charge in [-0.1, -0.05) is 20.3 Å². The molecule has 0 saturated heterocycles. The van der Waals surface area contributed by atoms with Crippen LogP contribution in [0.4, 0.5) is 19.0 Å². The number of alkyl halides is 3. The molecule has 0 spiro atoms. The number of anilines is 1. The highest BCUT2D eigenvalue weighted by Crippen LogP contribution is 2.29. The Bertz CT molecular complexity index is 477. The molecule has 3 nitrogen and oxygen atoms in total. The fourth-order valence-corrected chi connectivity index (χ4v) is 1.53. The van der Waals surface area contributed by atoms with E-state index in [1.807, 2.05) is 26.8 Å². The monoisotopic (exact) mass is 271 g/mol. The van der Waals surface area contributed by atoms with Crippen LogP contribution in [0.5, 0.6) is 0 Å². The number of pyridine rings is 1. The Balaban J connectivity index is 3.07. The lowest BCUT2D eigenvalue weighted by Crippen LogP contribution is -2.25. The molecule has 2 atom stereocenters. The highest BCUT2D eigenvalue weighted by molar-refractivity contribution is 5.53. The third-order valence-electron chi connectivity index (χ3n) is 3.17. The third-order valence-corrected chi connectivity index (χ3v) is 3.17. The van der Waals surface area contributed by atoms with E-state index >= 15 is 0 Å². The average Bonchev–Trinajstić information content (AvgIpc) is 2.36. The summed E-state index contributed by atoms with van der Waals surface area (Å²) in [6.45, 7) is 5.84. The first-order valence-electron chi connectivity index (χ1n) is 6.04. The van der Waals surface area contributed by atoms with Gasteiger partial charge in [0.1, 0.15) is 17.6 Å². The van der Waals surface area contributed by atoms with Gasteiger partial charge in [-0.05, 0) is 25.0 Å². The van der Waals surface area contributed by atoms with Crippen molar-refractivity contribution in [1.82, 2.24) is 4.98 Å². The Labute approximate surface area is 110 Å². The Morgan fingerprint density at radius 3 is 2.47 bits per heavy atom. The van der Waals surface area contributed by atoms with Gasteiger partial charge in [0.15, 0.2) is 0 Å². The van der Waals surface area contributed by atoms with E-state index in [-0.39, 0.29) is 23.3 Å². The molecule has 0 amide bonds. The summed E-state index contributed by atoms with van der Waals surface area (Å²) in [5.41, 5.74) is -0.881. The fraction of sp³-hybridized carbons (Fsp3) is 0.538. The standard InChI is InChI=1S/C13H16F3N3/c1-4-8(2)9(3)18-12-10(7-17)5-6-11(19-12)13(14,15)16/h5-6,8-9H,4H2,1-3H3,(H,18,19). The number of nitrogens with one attached hydrogen (secondary N) is 1. The zero-order chi connectivity index (χ0) is 14.6. The van der Waals surface area contributed by atoms with E-state index < -0.39 is 11.9 Å². The van der Waals surface area contributed by atoms with Crippen LogP contribution in [0.2, 0.25) is 0 Å². The van der Waals surface area contributed by atoms with Gasteiger partial charge in [0.25, 0.3) is 0 Å². The first kappa shape index (κ1) is 15.3. The summed E-state index contributed by atoms with van der Waals surface area (Å²) in [7, 11) is 0. The van der Waals surface area contributed by atoms with E-state index in [9.17, 15) is 13.2 Å². The van der Waals surface area contributed by atoms with E-state index in [0.29, 0.717) is 0 Å². The lowest BCUT2D eigenvalue weighted by molar-refractivity contribution is -0.141. The Hall–Kier alpha value is -1.77. The summed E-state index contributed by atoms with van der Waals surface area (Å²) in [5, 5.41) is 11.8. The van der Waals surface area contributed by atoms with Crippen LogP contribution in [-0.4, -0.2) is 11.0 Å². The quantitative estimate of drug-likeness (QED) is 0.905. The van der Waals surface area contributed by atoms with Crippen molar-refractivity contribution in [2.75, 3.05) is 5.32 Å². The van der Waals surface area contributed by atoms with Crippen molar-refractivity contribution in [3.05, 3.63) is 23.4 Å². The van der Waals surface area contributed by atoms with Crippen molar-refractivity contribution in [3.8, 4) is 6.07 Å². The van der Waals surface area contributed by atoms with Gasteiger partial charge in [-0.2, -0.15) is 18.4 Å². The molecule has 0 aliphatic heterocycles. The number of hydrogen-bond donors (Lipinski definition) is 1. The second-order valence-electron chi connectivity index (χ2n) is 4.52. The SMILES string of the molecule is CCC(C)C(C)Nc1nc(C(F)(F)F)ccc1C#N. The smallest absolute Gasteiger partial charge is 0.366 e.